The van der Waals surface area contributed by atoms with Crippen LogP contribution in [0.3, 0.4) is 0 Å². The van der Waals surface area contributed by atoms with Crippen LogP contribution in [-0.4, -0.2) is 0 Å². The van der Waals surface area contributed by atoms with E-state index < -0.39 is 0 Å². The van der Waals surface area contributed by atoms with Gasteiger partial charge in [0.15, 0.2) is 0 Å². The van der Waals surface area contributed by atoms with Gasteiger partial charge in [-0.25, -0.2) is 0 Å². The van der Waals surface area contributed by atoms with Gasteiger partial charge in [-0.1, -0.05) is 41.5 Å². The first-order chi connectivity index (χ1) is 5.91. The van der Waals surface area contributed by atoms with Crippen molar-refractivity contribution in [2.24, 2.45) is 23.7 Å². The molecule has 1 radical (unpaired) electrons. The van der Waals surface area contributed by atoms with Gasteiger partial charge in [-0.15, -0.1) is 0 Å². The molecule has 0 fully saturated rings. The molecule has 0 heterocycles. The lowest BCUT2D eigenvalue weighted by atomic mass is 9.84. The van der Waals surface area contributed by atoms with E-state index in [9.17, 15) is 0 Å². The fourth-order valence-electron chi connectivity index (χ4n) is 2.01. The lowest BCUT2D eigenvalue weighted by Gasteiger charge is -2.22. The van der Waals surface area contributed by atoms with E-state index in [0.29, 0.717) is 0 Å². The Kier molecular flexibility index (Phi) is 6.45. The third kappa shape index (κ3) is 8.33. The fourth-order valence-corrected chi connectivity index (χ4v) is 2.01. The molecule has 0 aliphatic heterocycles. The molecular weight excluding hydrogens is 156 g/mol. The van der Waals surface area contributed by atoms with Crippen molar-refractivity contribution in [1.82, 2.24) is 0 Å². The Morgan fingerprint density at radius 2 is 1.15 bits per heavy atom. The summed E-state index contributed by atoms with van der Waals surface area (Å²) in [5.74, 6) is 3.24. The van der Waals surface area contributed by atoms with E-state index in [0.717, 1.165) is 23.7 Å². The number of hydrogen-bond acceptors (Lipinski definition) is 0. The van der Waals surface area contributed by atoms with Crippen LogP contribution in [0.15, 0.2) is 0 Å². The summed E-state index contributed by atoms with van der Waals surface area (Å²) in [6.07, 6.45) is 5.24. The van der Waals surface area contributed by atoms with Crippen LogP contribution in [0.1, 0.15) is 54.4 Å². The van der Waals surface area contributed by atoms with Gasteiger partial charge in [-0.2, -0.15) is 0 Å². The first-order valence-electron chi connectivity index (χ1n) is 5.76. The Balaban J connectivity index is 3.87. The SMILES string of the molecule is CC(C)[CH]C(CC(C)C)CC(C)C. The second-order valence-electron chi connectivity index (χ2n) is 5.46. The van der Waals surface area contributed by atoms with Crippen molar-refractivity contribution in [2.45, 2.75) is 54.4 Å². The Labute approximate surface area is 85.1 Å². The molecule has 0 aromatic rings. The third-order valence-corrected chi connectivity index (χ3v) is 2.21. The van der Waals surface area contributed by atoms with Crippen LogP contribution >= 0.6 is 0 Å². The predicted molar refractivity (Wildman–Crippen MR) is 61.5 cm³/mol. The molecule has 0 amide bonds. The predicted octanol–water partition coefficient (Wildman–Crippen LogP) is 4.56. The zero-order valence-corrected chi connectivity index (χ0v) is 10.3. The van der Waals surface area contributed by atoms with E-state index in [2.05, 4.69) is 48.0 Å². The van der Waals surface area contributed by atoms with Crippen LogP contribution in [0.2, 0.25) is 0 Å². The van der Waals surface area contributed by atoms with Crippen molar-refractivity contribution in [3.05, 3.63) is 6.42 Å². The molecular formula is C13H27. The van der Waals surface area contributed by atoms with Gasteiger partial charge < -0.3 is 0 Å². The maximum absolute atomic E-state index is 2.53. The van der Waals surface area contributed by atoms with E-state index in [-0.39, 0.29) is 0 Å². The summed E-state index contributed by atoms with van der Waals surface area (Å²) in [6, 6.07) is 0. The highest BCUT2D eigenvalue weighted by molar-refractivity contribution is 4.80. The van der Waals surface area contributed by atoms with Gasteiger partial charge in [-0.3, -0.25) is 0 Å². The molecule has 0 aromatic carbocycles. The molecule has 0 saturated carbocycles. The molecule has 0 N–H and O–H groups in total. The molecule has 0 bridgehead atoms. The van der Waals surface area contributed by atoms with Crippen LogP contribution in [0, 0.1) is 30.1 Å². The first kappa shape index (κ1) is 13.0. The Morgan fingerprint density at radius 3 is 1.38 bits per heavy atom. The zero-order valence-electron chi connectivity index (χ0n) is 10.3. The highest BCUT2D eigenvalue weighted by Crippen LogP contribution is 2.25. The van der Waals surface area contributed by atoms with Crippen LogP contribution < -0.4 is 0 Å². The zero-order chi connectivity index (χ0) is 10.4. The summed E-state index contributed by atoms with van der Waals surface area (Å²) in [5, 5.41) is 0. The van der Waals surface area contributed by atoms with Crippen molar-refractivity contribution in [2.75, 3.05) is 0 Å². The first-order valence-corrected chi connectivity index (χ1v) is 5.76. The molecule has 0 unspecified atom stereocenters. The summed E-state index contributed by atoms with van der Waals surface area (Å²) in [7, 11) is 0. The third-order valence-electron chi connectivity index (χ3n) is 2.21. The smallest absolute Gasteiger partial charge is 0.0329 e. The molecule has 0 aromatic heterocycles. The van der Waals surface area contributed by atoms with Crippen LogP contribution in [0.25, 0.3) is 0 Å². The summed E-state index contributed by atoms with van der Waals surface area (Å²) in [4.78, 5) is 0. The highest BCUT2D eigenvalue weighted by atomic mass is 14.2. The maximum Gasteiger partial charge on any atom is -0.0329 e. The van der Waals surface area contributed by atoms with Crippen molar-refractivity contribution in [3.8, 4) is 0 Å². The maximum atomic E-state index is 2.53. The van der Waals surface area contributed by atoms with Gasteiger partial charge >= 0.3 is 0 Å². The largest absolute Gasteiger partial charge is 0.0628 e. The monoisotopic (exact) mass is 183 g/mol. The summed E-state index contributed by atoms with van der Waals surface area (Å²) >= 11 is 0. The molecule has 0 atom stereocenters. The average Bonchev–Trinajstić information content (AvgIpc) is 1.80. The lowest BCUT2D eigenvalue weighted by molar-refractivity contribution is 0.360. The molecule has 0 rings (SSSR count). The molecule has 79 valence electrons. The lowest BCUT2D eigenvalue weighted by Crippen LogP contribution is -2.11. The normalized spacial score (nSPS) is 12.5. The number of hydrogen-bond donors (Lipinski definition) is 0. The van der Waals surface area contributed by atoms with Crippen molar-refractivity contribution < 1.29 is 0 Å². The van der Waals surface area contributed by atoms with E-state index in [4.69, 9.17) is 0 Å². The molecule has 0 heteroatoms. The van der Waals surface area contributed by atoms with E-state index in [1.54, 1.807) is 0 Å². The van der Waals surface area contributed by atoms with E-state index >= 15 is 0 Å². The molecule has 0 nitrogen and oxygen atoms in total. The standard InChI is InChI=1S/C13H27/c1-10(2)7-13(8-11(3)4)9-12(5)6/h7,10-13H,8-9H2,1-6H3. The molecule has 0 saturated heterocycles. The van der Waals surface area contributed by atoms with E-state index in [1.807, 2.05) is 0 Å². The summed E-state index contributed by atoms with van der Waals surface area (Å²) in [6.45, 7) is 13.9. The van der Waals surface area contributed by atoms with Gasteiger partial charge in [0.05, 0.1) is 0 Å². The van der Waals surface area contributed by atoms with Gasteiger partial charge in [0.2, 0.25) is 0 Å². The Bertz CT molecular complexity index is 87.4. The Hall–Kier alpha value is 0. The minimum absolute atomic E-state index is 0.738. The van der Waals surface area contributed by atoms with Gasteiger partial charge in [0.1, 0.15) is 0 Å². The minimum Gasteiger partial charge on any atom is -0.0628 e. The molecule has 0 spiro atoms. The summed E-state index contributed by atoms with van der Waals surface area (Å²) in [5.41, 5.74) is 0. The second kappa shape index (κ2) is 6.45. The van der Waals surface area contributed by atoms with Crippen molar-refractivity contribution >= 4 is 0 Å². The molecule has 13 heavy (non-hydrogen) atoms. The average molecular weight is 183 g/mol. The van der Waals surface area contributed by atoms with Crippen molar-refractivity contribution in [3.63, 3.8) is 0 Å². The highest BCUT2D eigenvalue weighted by Gasteiger charge is 2.14. The quantitative estimate of drug-likeness (QED) is 0.566. The van der Waals surface area contributed by atoms with Gasteiger partial charge in [0, 0.05) is 0 Å². The second-order valence-corrected chi connectivity index (χ2v) is 5.46. The van der Waals surface area contributed by atoms with E-state index in [1.165, 1.54) is 12.8 Å². The summed E-state index contributed by atoms with van der Waals surface area (Å²) < 4.78 is 0. The fraction of sp³-hybridized carbons (Fsp3) is 0.923. The molecule has 0 aliphatic carbocycles. The Morgan fingerprint density at radius 1 is 0.769 bits per heavy atom. The van der Waals surface area contributed by atoms with Gasteiger partial charge in [0.25, 0.3) is 0 Å². The topological polar surface area (TPSA) is 0 Å². The van der Waals surface area contributed by atoms with Crippen LogP contribution in [0.5, 0.6) is 0 Å². The van der Waals surface area contributed by atoms with Crippen molar-refractivity contribution in [1.29, 1.82) is 0 Å². The number of rotatable bonds is 6. The van der Waals surface area contributed by atoms with Crippen LogP contribution in [-0.2, 0) is 0 Å². The van der Waals surface area contributed by atoms with Gasteiger partial charge in [-0.05, 0) is 42.9 Å². The van der Waals surface area contributed by atoms with Crippen LogP contribution in [0.4, 0.5) is 0 Å². The molecule has 0 aliphatic rings. The minimum atomic E-state index is 0.738.